The first kappa shape index (κ1) is 16.2. The second-order valence-electron chi connectivity index (χ2n) is 5.49. The quantitative estimate of drug-likeness (QED) is 0.514. The molecule has 0 radical (unpaired) electrons. The zero-order valence-corrected chi connectivity index (χ0v) is 14.7. The maximum atomic E-state index is 11.8. The van der Waals surface area contributed by atoms with Crippen LogP contribution in [-0.4, -0.2) is 37.7 Å². The van der Waals surface area contributed by atoms with E-state index in [-0.39, 0.29) is 6.03 Å². The van der Waals surface area contributed by atoms with E-state index < -0.39 is 0 Å². The Bertz CT molecular complexity index is 1040. The summed E-state index contributed by atoms with van der Waals surface area (Å²) in [5, 5.41) is 12.9. The second-order valence-corrected chi connectivity index (χ2v) is 6.49. The molecule has 0 saturated heterocycles. The minimum absolute atomic E-state index is 0.270. The van der Waals surface area contributed by atoms with Crippen molar-refractivity contribution < 1.29 is 4.79 Å². The third-order valence-electron chi connectivity index (χ3n) is 3.75. The maximum absolute atomic E-state index is 11.8. The predicted molar refractivity (Wildman–Crippen MR) is 101 cm³/mol. The molecule has 0 saturated carbocycles. The van der Waals surface area contributed by atoms with Gasteiger partial charge in [0.1, 0.15) is 6.33 Å². The molecule has 9 heteroatoms. The first-order valence-electron chi connectivity index (χ1n) is 7.98. The molecule has 3 N–H and O–H groups in total. The summed E-state index contributed by atoms with van der Waals surface area (Å²) in [5.41, 5.74) is 4.56. The molecule has 4 rings (SSSR count). The molecule has 0 unspecified atom stereocenters. The van der Waals surface area contributed by atoms with Crippen LogP contribution in [0.1, 0.15) is 6.92 Å². The zero-order chi connectivity index (χ0) is 17.9. The summed E-state index contributed by atoms with van der Waals surface area (Å²) in [6, 6.07) is 3.75. The second kappa shape index (κ2) is 6.89. The lowest BCUT2D eigenvalue weighted by atomic mass is 10.0. The fraction of sp³-hybridized carbons (Fsp3) is 0.118. The average molecular weight is 365 g/mol. The van der Waals surface area contributed by atoms with Crippen LogP contribution in [0.15, 0.2) is 43.2 Å². The number of nitrogens with one attached hydrogen (secondary N) is 3. The van der Waals surface area contributed by atoms with Gasteiger partial charge in [-0.25, -0.2) is 19.7 Å². The highest BCUT2D eigenvalue weighted by Crippen LogP contribution is 2.38. The number of carbonyl (C=O) groups is 1. The molecule has 8 nitrogen and oxygen atoms in total. The van der Waals surface area contributed by atoms with Crippen molar-refractivity contribution in [1.82, 2.24) is 30.5 Å². The maximum Gasteiger partial charge on any atom is 0.321 e. The van der Waals surface area contributed by atoms with Crippen LogP contribution in [0.4, 0.5) is 9.93 Å². The number of carbonyl (C=O) groups excluding carboxylic acids is 1. The standard InChI is InChI=1S/C17H15N7OS/c1-2-20-16(25)24-17-23-14-4-10(11-5-18-9-19-6-11)3-13(15(14)26-17)12-7-21-22-8-12/h3-9H,2H2,1H3,(H,21,22)(H2,20,23,24,25). The Hall–Kier alpha value is -3.33. The van der Waals surface area contributed by atoms with Gasteiger partial charge in [0.15, 0.2) is 5.13 Å². The van der Waals surface area contributed by atoms with Crippen molar-refractivity contribution in [3.05, 3.63) is 43.2 Å². The average Bonchev–Trinajstić information content (AvgIpc) is 3.31. The molecule has 130 valence electrons. The number of benzene rings is 1. The van der Waals surface area contributed by atoms with Crippen molar-refractivity contribution in [1.29, 1.82) is 0 Å². The third kappa shape index (κ3) is 3.11. The lowest BCUT2D eigenvalue weighted by molar-refractivity contribution is 0.252. The van der Waals surface area contributed by atoms with Crippen LogP contribution in [0, 0.1) is 0 Å². The monoisotopic (exact) mass is 365 g/mol. The van der Waals surface area contributed by atoms with E-state index >= 15 is 0 Å². The van der Waals surface area contributed by atoms with Gasteiger partial charge in [0.05, 0.1) is 16.4 Å². The van der Waals surface area contributed by atoms with Gasteiger partial charge >= 0.3 is 6.03 Å². The lowest BCUT2D eigenvalue weighted by Crippen LogP contribution is -2.28. The number of hydrogen-bond acceptors (Lipinski definition) is 6. The van der Waals surface area contributed by atoms with E-state index in [9.17, 15) is 4.79 Å². The largest absolute Gasteiger partial charge is 0.338 e. The number of nitrogens with zero attached hydrogens (tertiary/aromatic N) is 4. The fourth-order valence-electron chi connectivity index (χ4n) is 2.62. The van der Waals surface area contributed by atoms with Crippen molar-refractivity contribution >= 4 is 32.7 Å². The summed E-state index contributed by atoms with van der Waals surface area (Å²) >= 11 is 1.42. The summed E-state index contributed by atoms with van der Waals surface area (Å²) in [5.74, 6) is 0. The topological polar surface area (TPSA) is 108 Å². The molecule has 3 aromatic heterocycles. The number of H-pyrrole nitrogens is 1. The smallest absolute Gasteiger partial charge is 0.321 e. The van der Waals surface area contributed by atoms with E-state index in [1.54, 1.807) is 18.6 Å². The van der Waals surface area contributed by atoms with Crippen molar-refractivity contribution in [2.75, 3.05) is 11.9 Å². The number of fused-ring (bicyclic) bond motifs is 1. The minimum Gasteiger partial charge on any atom is -0.338 e. The molecule has 2 amide bonds. The Morgan fingerprint density at radius 2 is 2.00 bits per heavy atom. The predicted octanol–water partition coefficient (Wildman–Crippen LogP) is 3.28. The Morgan fingerprint density at radius 3 is 2.73 bits per heavy atom. The molecule has 26 heavy (non-hydrogen) atoms. The highest BCUT2D eigenvalue weighted by Gasteiger charge is 2.15. The summed E-state index contributed by atoms with van der Waals surface area (Å²) in [7, 11) is 0. The number of aromatic amines is 1. The Morgan fingerprint density at radius 1 is 1.15 bits per heavy atom. The van der Waals surface area contributed by atoms with E-state index in [1.807, 2.05) is 19.2 Å². The molecule has 0 fully saturated rings. The van der Waals surface area contributed by atoms with Crippen LogP contribution in [0.3, 0.4) is 0 Å². The van der Waals surface area contributed by atoms with E-state index in [4.69, 9.17) is 0 Å². The molecular weight excluding hydrogens is 350 g/mol. The van der Waals surface area contributed by atoms with Crippen LogP contribution in [0.5, 0.6) is 0 Å². The van der Waals surface area contributed by atoms with E-state index in [0.717, 1.165) is 32.5 Å². The van der Waals surface area contributed by atoms with Crippen LogP contribution >= 0.6 is 11.3 Å². The molecule has 0 atom stereocenters. The first-order valence-corrected chi connectivity index (χ1v) is 8.80. The van der Waals surface area contributed by atoms with Gasteiger partial charge in [-0.1, -0.05) is 11.3 Å². The number of hydrogen-bond donors (Lipinski definition) is 3. The van der Waals surface area contributed by atoms with Crippen LogP contribution in [0.25, 0.3) is 32.5 Å². The van der Waals surface area contributed by atoms with Gasteiger partial charge in [0.2, 0.25) is 0 Å². The van der Waals surface area contributed by atoms with Gasteiger partial charge in [-0.2, -0.15) is 5.10 Å². The number of amides is 2. The number of anilines is 1. The van der Waals surface area contributed by atoms with Crippen molar-refractivity contribution in [2.45, 2.75) is 6.92 Å². The molecular formula is C17H15N7OS. The summed E-state index contributed by atoms with van der Waals surface area (Å²) < 4.78 is 0.971. The van der Waals surface area contributed by atoms with Crippen LogP contribution in [-0.2, 0) is 0 Å². The van der Waals surface area contributed by atoms with E-state index in [1.165, 1.54) is 17.7 Å². The third-order valence-corrected chi connectivity index (χ3v) is 4.77. The molecule has 4 aromatic rings. The molecule has 0 aliphatic carbocycles. The van der Waals surface area contributed by atoms with Gasteiger partial charge in [0.25, 0.3) is 0 Å². The van der Waals surface area contributed by atoms with Gasteiger partial charge in [-0.15, -0.1) is 0 Å². The van der Waals surface area contributed by atoms with Gasteiger partial charge in [0, 0.05) is 41.8 Å². The lowest BCUT2D eigenvalue weighted by Gasteiger charge is -2.05. The Balaban J connectivity index is 1.85. The fourth-order valence-corrected chi connectivity index (χ4v) is 3.59. The van der Waals surface area contributed by atoms with E-state index in [0.29, 0.717) is 11.7 Å². The van der Waals surface area contributed by atoms with Crippen molar-refractivity contribution in [3.63, 3.8) is 0 Å². The van der Waals surface area contributed by atoms with Gasteiger partial charge in [-0.3, -0.25) is 10.4 Å². The normalized spacial score (nSPS) is 10.8. The summed E-state index contributed by atoms with van der Waals surface area (Å²) in [6.45, 7) is 2.41. The zero-order valence-electron chi connectivity index (χ0n) is 13.9. The van der Waals surface area contributed by atoms with Crippen LogP contribution < -0.4 is 10.6 Å². The number of urea groups is 1. The number of rotatable bonds is 4. The number of aromatic nitrogens is 5. The van der Waals surface area contributed by atoms with Gasteiger partial charge in [-0.05, 0) is 24.6 Å². The van der Waals surface area contributed by atoms with Crippen LogP contribution in [0.2, 0.25) is 0 Å². The molecule has 1 aromatic carbocycles. The Labute approximate surface area is 152 Å². The molecule has 0 aliphatic heterocycles. The van der Waals surface area contributed by atoms with Crippen molar-refractivity contribution in [2.24, 2.45) is 0 Å². The van der Waals surface area contributed by atoms with E-state index in [2.05, 4.69) is 41.8 Å². The highest BCUT2D eigenvalue weighted by atomic mass is 32.1. The molecule has 0 bridgehead atoms. The Kier molecular flexibility index (Phi) is 4.28. The molecule has 3 heterocycles. The number of thiazole rings is 1. The first-order chi connectivity index (χ1) is 12.7. The van der Waals surface area contributed by atoms with Crippen molar-refractivity contribution in [3.8, 4) is 22.3 Å². The summed E-state index contributed by atoms with van der Waals surface area (Å²) in [6.07, 6.45) is 8.60. The minimum atomic E-state index is -0.270. The van der Waals surface area contributed by atoms with Gasteiger partial charge < -0.3 is 5.32 Å². The molecule has 0 spiro atoms. The summed E-state index contributed by atoms with van der Waals surface area (Å²) in [4.78, 5) is 24.5. The SMILES string of the molecule is CCNC(=O)Nc1nc2cc(-c3cncnc3)cc(-c3cn[nH]c3)c2s1. The molecule has 0 aliphatic rings. The highest BCUT2D eigenvalue weighted by molar-refractivity contribution is 7.22.